The number of amides is 1. The number of likely N-dealkylation sites (tertiary alicyclic amines) is 1. The molecule has 1 saturated heterocycles. The number of nitrogens with zero attached hydrogens (tertiary/aromatic N) is 2. The molecule has 0 spiro atoms. The van der Waals surface area contributed by atoms with Crippen molar-refractivity contribution >= 4 is 15.9 Å². The quantitative estimate of drug-likeness (QED) is 0.865. The fourth-order valence-corrected chi connectivity index (χ4v) is 3.16. The molecule has 0 bridgehead atoms. The standard InChI is InChI=1S/C15H23N3O3S/c1-12-5-3-7-14(17-12)9-13-6-4-8-18(11-13)15(19)10-16-22(2,20)21/h3,5,7,13,16H,4,6,8-11H2,1-2H3/t13-/m1/s1. The van der Waals surface area contributed by atoms with Crippen LogP contribution in [-0.4, -0.2) is 50.1 Å². The molecule has 7 heteroatoms. The average molecular weight is 325 g/mol. The van der Waals surface area contributed by atoms with Gasteiger partial charge in [0.15, 0.2) is 0 Å². The molecule has 2 heterocycles. The van der Waals surface area contributed by atoms with Gasteiger partial charge in [0, 0.05) is 24.5 Å². The van der Waals surface area contributed by atoms with Gasteiger partial charge in [-0.15, -0.1) is 0 Å². The minimum atomic E-state index is -3.33. The van der Waals surface area contributed by atoms with Gasteiger partial charge in [0.25, 0.3) is 0 Å². The van der Waals surface area contributed by atoms with Gasteiger partial charge in [-0.25, -0.2) is 13.1 Å². The van der Waals surface area contributed by atoms with Gasteiger partial charge < -0.3 is 4.90 Å². The third kappa shape index (κ3) is 5.38. The number of aromatic nitrogens is 1. The van der Waals surface area contributed by atoms with Crippen molar-refractivity contribution in [2.45, 2.75) is 26.2 Å². The monoisotopic (exact) mass is 325 g/mol. The highest BCUT2D eigenvalue weighted by molar-refractivity contribution is 7.88. The smallest absolute Gasteiger partial charge is 0.237 e. The van der Waals surface area contributed by atoms with Gasteiger partial charge in [0.05, 0.1) is 12.8 Å². The summed E-state index contributed by atoms with van der Waals surface area (Å²) in [6.07, 6.45) is 3.92. The molecule has 0 aromatic carbocycles. The Morgan fingerprint density at radius 1 is 1.45 bits per heavy atom. The second-order valence-corrected chi connectivity index (χ2v) is 7.75. The first-order chi connectivity index (χ1) is 10.3. The van der Waals surface area contributed by atoms with Crippen LogP contribution in [-0.2, 0) is 21.2 Å². The van der Waals surface area contributed by atoms with Crippen molar-refractivity contribution in [3.05, 3.63) is 29.6 Å². The van der Waals surface area contributed by atoms with Crippen LogP contribution >= 0.6 is 0 Å². The number of hydrogen-bond acceptors (Lipinski definition) is 4. The van der Waals surface area contributed by atoms with E-state index < -0.39 is 10.0 Å². The van der Waals surface area contributed by atoms with Crippen molar-refractivity contribution in [3.8, 4) is 0 Å². The molecule has 1 fully saturated rings. The lowest BCUT2D eigenvalue weighted by atomic mass is 9.93. The van der Waals surface area contributed by atoms with Crippen LogP contribution in [0, 0.1) is 12.8 Å². The van der Waals surface area contributed by atoms with Crippen molar-refractivity contribution in [1.82, 2.24) is 14.6 Å². The molecule has 1 atom stereocenters. The molecule has 0 radical (unpaired) electrons. The Hall–Kier alpha value is -1.47. The minimum Gasteiger partial charge on any atom is -0.341 e. The Kier molecular flexibility index (Phi) is 5.52. The van der Waals surface area contributed by atoms with Gasteiger partial charge in [0.1, 0.15) is 0 Å². The minimum absolute atomic E-state index is 0.158. The third-order valence-corrected chi connectivity index (χ3v) is 4.47. The SMILES string of the molecule is Cc1cccc(C[C@H]2CCCN(C(=O)CNS(C)(=O)=O)C2)n1. The Morgan fingerprint density at radius 2 is 2.23 bits per heavy atom. The summed E-state index contributed by atoms with van der Waals surface area (Å²) in [5, 5.41) is 0. The van der Waals surface area contributed by atoms with Crippen LogP contribution < -0.4 is 4.72 Å². The normalized spacial score (nSPS) is 19.2. The zero-order valence-corrected chi connectivity index (χ0v) is 13.9. The van der Waals surface area contributed by atoms with Crippen LogP contribution in [0.15, 0.2) is 18.2 Å². The number of piperidine rings is 1. The van der Waals surface area contributed by atoms with Gasteiger partial charge in [-0.1, -0.05) is 6.07 Å². The van der Waals surface area contributed by atoms with E-state index in [2.05, 4.69) is 9.71 Å². The zero-order valence-electron chi connectivity index (χ0n) is 13.1. The van der Waals surface area contributed by atoms with Gasteiger partial charge >= 0.3 is 0 Å². The van der Waals surface area contributed by atoms with Crippen molar-refractivity contribution in [2.75, 3.05) is 25.9 Å². The third-order valence-electron chi connectivity index (χ3n) is 3.80. The van der Waals surface area contributed by atoms with E-state index in [1.54, 1.807) is 4.90 Å². The molecule has 122 valence electrons. The van der Waals surface area contributed by atoms with Crippen molar-refractivity contribution in [2.24, 2.45) is 5.92 Å². The molecular weight excluding hydrogens is 302 g/mol. The summed E-state index contributed by atoms with van der Waals surface area (Å²) in [5.74, 6) is 0.220. The van der Waals surface area contributed by atoms with E-state index in [1.807, 2.05) is 25.1 Å². The van der Waals surface area contributed by atoms with Crippen LogP contribution in [0.5, 0.6) is 0 Å². The number of nitrogens with one attached hydrogen (secondary N) is 1. The molecule has 1 aromatic heterocycles. The Bertz CT molecular complexity index is 631. The first-order valence-corrected chi connectivity index (χ1v) is 9.37. The first kappa shape index (κ1) is 16.9. The number of hydrogen-bond donors (Lipinski definition) is 1. The van der Waals surface area contributed by atoms with Crippen LogP contribution in [0.3, 0.4) is 0 Å². The number of aryl methyl sites for hydroxylation is 1. The van der Waals surface area contributed by atoms with E-state index in [0.717, 1.165) is 36.9 Å². The number of sulfonamides is 1. The molecule has 1 N–H and O–H groups in total. The van der Waals surface area contributed by atoms with Crippen molar-refractivity contribution in [3.63, 3.8) is 0 Å². The van der Waals surface area contributed by atoms with Gasteiger partial charge in [0.2, 0.25) is 15.9 Å². The summed E-state index contributed by atoms with van der Waals surface area (Å²) in [7, 11) is -3.33. The molecule has 0 aliphatic carbocycles. The Labute approximate surface area is 132 Å². The molecule has 22 heavy (non-hydrogen) atoms. The predicted molar refractivity (Wildman–Crippen MR) is 84.8 cm³/mol. The highest BCUT2D eigenvalue weighted by Crippen LogP contribution is 2.20. The fourth-order valence-electron chi connectivity index (χ4n) is 2.77. The van der Waals surface area contributed by atoms with Crippen LogP contribution in [0.25, 0.3) is 0 Å². The average Bonchev–Trinajstić information content (AvgIpc) is 2.44. The van der Waals surface area contributed by atoms with E-state index >= 15 is 0 Å². The Balaban J connectivity index is 1.90. The molecule has 1 aliphatic heterocycles. The second-order valence-electron chi connectivity index (χ2n) is 5.92. The largest absolute Gasteiger partial charge is 0.341 e. The van der Waals surface area contributed by atoms with Crippen LogP contribution in [0.4, 0.5) is 0 Å². The predicted octanol–water partition coefficient (Wildman–Crippen LogP) is 0.720. The lowest BCUT2D eigenvalue weighted by molar-refractivity contribution is -0.131. The first-order valence-electron chi connectivity index (χ1n) is 7.48. The maximum Gasteiger partial charge on any atom is 0.237 e. The second kappa shape index (κ2) is 7.19. The highest BCUT2D eigenvalue weighted by Gasteiger charge is 2.24. The summed E-state index contributed by atoms with van der Waals surface area (Å²) in [5.41, 5.74) is 2.05. The van der Waals surface area contributed by atoms with E-state index in [4.69, 9.17) is 0 Å². The van der Waals surface area contributed by atoms with Crippen LogP contribution in [0.1, 0.15) is 24.2 Å². The van der Waals surface area contributed by atoms with Gasteiger partial charge in [-0.3, -0.25) is 9.78 Å². The van der Waals surface area contributed by atoms with Gasteiger partial charge in [-0.05, 0) is 44.2 Å². The van der Waals surface area contributed by atoms with E-state index in [9.17, 15) is 13.2 Å². The molecule has 1 aromatic rings. The fraction of sp³-hybridized carbons (Fsp3) is 0.600. The highest BCUT2D eigenvalue weighted by atomic mass is 32.2. The molecule has 0 unspecified atom stereocenters. The molecular formula is C15H23N3O3S. The summed E-state index contributed by atoms with van der Waals surface area (Å²) < 4.78 is 24.4. The number of carbonyl (C=O) groups is 1. The number of carbonyl (C=O) groups excluding carboxylic acids is 1. The summed E-state index contributed by atoms with van der Waals surface area (Å²) in [4.78, 5) is 18.3. The van der Waals surface area contributed by atoms with E-state index in [-0.39, 0.29) is 12.5 Å². The van der Waals surface area contributed by atoms with Crippen molar-refractivity contribution in [1.29, 1.82) is 0 Å². The lowest BCUT2D eigenvalue weighted by Gasteiger charge is -2.32. The summed E-state index contributed by atoms with van der Waals surface area (Å²) >= 11 is 0. The summed E-state index contributed by atoms with van der Waals surface area (Å²) in [6, 6.07) is 5.98. The Morgan fingerprint density at radius 3 is 2.91 bits per heavy atom. The van der Waals surface area contributed by atoms with E-state index in [1.165, 1.54) is 0 Å². The van der Waals surface area contributed by atoms with Gasteiger partial charge in [-0.2, -0.15) is 0 Å². The molecule has 6 nitrogen and oxygen atoms in total. The molecule has 1 amide bonds. The lowest BCUT2D eigenvalue weighted by Crippen LogP contribution is -2.45. The molecule has 1 aliphatic rings. The van der Waals surface area contributed by atoms with Crippen molar-refractivity contribution < 1.29 is 13.2 Å². The topological polar surface area (TPSA) is 79.4 Å². The maximum absolute atomic E-state index is 12.1. The number of pyridine rings is 1. The van der Waals surface area contributed by atoms with Crippen LogP contribution in [0.2, 0.25) is 0 Å². The van der Waals surface area contributed by atoms with E-state index in [0.29, 0.717) is 19.0 Å². The molecule has 2 rings (SSSR count). The maximum atomic E-state index is 12.1. The number of rotatable bonds is 5. The zero-order chi connectivity index (χ0) is 16.2. The molecule has 0 saturated carbocycles. The summed E-state index contributed by atoms with van der Waals surface area (Å²) in [6.45, 7) is 3.17.